The summed E-state index contributed by atoms with van der Waals surface area (Å²) in [4.78, 5) is 19.9. The highest BCUT2D eigenvalue weighted by molar-refractivity contribution is 9.10. The second-order valence-electron chi connectivity index (χ2n) is 5.08. The smallest absolute Gasteiger partial charge is 0.225 e. The van der Waals surface area contributed by atoms with Gasteiger partial charge in [0.25, 0.3) is 0 Å². The topological polar surface area (TPSA) is 66.9 Å². The number of nitrogens with one attached hydrogen (secondary N) is 2. The lowest BCUT2D eigenvalue weighted by Crippen LogP contribution is -2.44. The summed E-state index contributed by atoms with van der Waals surface area (Å²) in [6.07, 6.45) is 6.58. The van der Waals surface area contributed by atoms with E-state index in [2.05, 4.69) is 36.5 Å². The first-order valence-electron chi connectivity index (χ1n) is 6.71. The van der Waals surface area contributed by atoms with Gasteiger partial charge >= 0.3 is 0 Å². The first kappa shape index (κ1) is 15.5. The van der Waals surface area contributed by atoms with Gasteiger partial charge < -0.3 is 10.6 Å². The number of nitrogens with zero attached hydrogens (tertiary/aromatic N) is 2. The van der Waals surface area contributed by atoms with Crippen molar-refractivity contribution in [1.82, 2.24) is 15.3 Å². The van der Waals surface area contributed by atoms with Crippen molar-refractivity contribution in [2.24, 2.45) is 5.41 Å². The largest absolute Gasteiger partial charge is 0.369 e. The molecule has 0 atom stereocenters. The SMILES string of the molecule is CNC(=O)C1(CCCNc2nc(Cl)ncc2Br)CCC1. The van der Waals surface area contributed by atoms with E-state index >= 15 is 0 Å². The summed E-state index contributed by atoms with van der Waals surface area (Å²) in [6.45, 7) is 0.755. The molecule has 5 nitrogen and oxygen atoms in total. The molecule has 1 aliphatic rings. The maximum absolute atomic E-state index is 11.9. The summed E-state index contributed by atoms with van der Waals surface area (Å²) in [5.41, 5.74) is -0.142. The van der Waals surface area contributed by atoms with Crippen LogP contribution < -0.4 is 10.6 Å². The van der Waals surface area contributed by atoms with E-state index in [1.807, 2.05) is 0 Å². The van der Waals surface area contributed by atoms with Crippen LogP contribution in [0.5, 0.6) is 0 Å². The maximum Gasteiger partial charge on any atom is 0.225 e. The molecule has 1 amide bonds. The van der Waals surface area contributed by atoms with Crippen LogP contribution in [0.4, 0.5) is 5.82 Å². The van der Waals surface area contributed by atoms with Crippen LogP contribution >= 0.6 is 27.5 Å². The number of amides is 1. The highest BCUT2D eigenvalue weighted by Gasteiger charge is 2.42. The standard InChI is InChI=1S/C13H18BrClN4O/c1-16-11(20)13(4-2-5-13)6-3-7-17-10-9(14)8-18-12(15)19-10/h8H,2-7H2,1H3,(H,16,20)(H,17,18,19). The number of hydrogen-bond donors (Lipinski definition) is 2. The van der Waals surface area contributed by atoms with Crippen LogP contribution in [0.2, 0.25) is 5.28 Å². The molecule has 0 aliphatic heterocycles. The van der Waals surface area contributed by atoms with E-state index in [1.165, 1.54) is 0 Å². The van der Waals surface area contributed by atoms with E-state index < -0.39 is 0 Å². The van der Waals surface area contributed by atoms with Gasteiger partial charge in [0.05, 0.1) is 4.47 Å². The lowest BCUT2D eigenvalue weighted by atomic mass is 9.65. The Bertz CT molecular complexity index is 493. The highest BCUT2D eigenvalue weighted by Crippen LogP contribution is 2.44. The number of carbonyl (C=O) groups is 1. The number of halogens is 2. The molecular weight excluding hydrogens is 344 g/mol. The molecule has 1 fully saturated rings. The van der Waals surface area contributed by atoms with Crippen molar-refractivity contribution in [2.45, 2.75) is 32.1 Å². The molecule has 0 unspecified atom stereocenters. The Morgan fingerprint density at radius 1 is 1.55 bits per heavy atom. The van der Waals surface area contributed by atoms with E-state index in [0.29, 0.717) is 5.82 Å². The van der Waals surface area contributed by atoms with Gasteiger partial charge in [0.2, 0.25) is 11.2 Å². The summed E-state index contributed by atoms with van der Waals surface area (Å²) in [6, 6.07) is 0. The van der Waals surface area contributed by atoms with Crippen molar-refractivity contribution in [3.63, 3.8) is 0 Å². The fraction of sp³-hybridized carbons (Fsp3) is 0.615. The van der Waals surface area contributed by atoms with E-state index in [9.17, 15) is 4.79 Å². The molecule has 1 aromatic heterocycles. The first-order chi connectivity index (χ1) is 9.57. The molecule has 0 saturated heterocycles. The van der Waals surface area contributed by atoms with Gasteiger partial charge in [-0.05, 0) is 53.2 Å². The van der Waals surface area contributed by atoms with Crippen LogP contribution in [0.25, 0.3) is 0 Å². The number of hydrogen-bond acceptors (Lipinski definition) is 4. The molecule has 7 heteroatoms. The van der Waals surface area contributed by atoms with Gasteiger partial charge in [-0.15, -0.1) is 0 Å². The highest BCUT2D eigenvalue weighted by atomic mass is 79.9. The van der Waals surface area contributed by atoms with Crippen LogP contribution in [0.15, 0.2) is 10.7 Å². The third-order valence-electron chi connectivity index (χ3n) is 3.86. The number of aromatic nitrogens is 2. The quantitative estimate of drug-likeness (QED) is 0.604. The molecule has 110 valence electrons. The van der Waals surface area contributed by atoms with E-state index in [1.54, 1.807) is 13.2 Å². The minimum absolute atomic E-state index is 0.142. The molecule has 0 radical (unpaired) electrons. The summed E-state index contributed by atoms with van der Waals surface area (Å²) in [5, 5.41) is 6.21. The average Bonchev–Trinajstić information content (AvgIpc) is 2.40. The Morgan fingerprint density at radius 3 is 2.90 bits per heavy atom. The molecule has 0 aromatic carbocycles. The molecule has 20 heavy (non-hydrogen) atoms. The van der Waals surface area contributed by atoms with Crippen molar-refractivity contribution in [2.75, 3.05) is 18.9 Å². The lowest BCUT2D eigenvalue weighted by molar-refractivity contribution is -0.136. The van der Waals surface area contributed by atoms with Crippen LogP contribution in [-0.2, 0) is 4.79 Å². The number of rotatable bonds is 6. The Kier molecular flexibility index (Phi) is 5.21. The Labute approximate surface area is 132 Å². The minimum Gasteiger partial charge on any atom is -0.369 e. The number of carbonyl (C=O) groups excluding carboxylic acids is 1. The molecule has 0 bridgehead atoms. The maximum atomic E-state index is 11.9. The van der Waals surface area contributed by atoms with Crippen LogP contribution in [0.1, 0.15) is 32.1 Å². The molecule has 2 N–H and O–H groups in total. The second kappa shape index (κ2) is 6.72. The second-order valence-corrected chi connectivity index (χ2v) is 6.27. The fourth-order valence-corrected chi connectivity index (χ4v) is 3.03. The summed E-state index contributed by atoms with van der Waals surface area (Å²) < 4.78 is 0.784. The third-order valence-corrected chi connectivity index (χ3v) is 4.62. The molecule has 1 aromatic rings. The molecule has 1 aliphatic carbocycles. The van der Waals surface area contributed by atoms with Gasteiger partial charge in [0, 0.05) is 25.2 Å². The Balaban J connectivity index is 1.81. The minimum atomic E-state index is -0.142. The zero-order valence-electron chi connectivity index (χ0n) is 11.4. The summed E-state index contributed by atoms with van der Waals surface area (Å²) in [5.74, 6) is 0.864. The van der Waals surface area contributed by atoms with E-state index in [-0.39, 0.29) is 16.6 Å². The van der Waals surface area contributed by atoms with Gasteiger partial charge in [-0.1, -0.05) is 6.42 Å². The Morgan fingerprint density at radius 2 is 2.30 bits per heavy atom. The molecular formula is C13H18BrClN4O. The summed E-state index contributed by atoms with van der Waals surface area (Å²) >= 11 is 9.13. The third kappa shape index (κ3) is 3.41. The Hall–Kier alpha value is -0.880. The van der Waals surface area contributed by atoms with Gasteiger partial charge in [-0.3, -0.25) is 4.79 Å². The molecule has 1 heterocycles. The number of anilines is 1. The molecule has 2 rings (SSSR count). The average molecular weight is 362 g/mol. The van der Waals surface area contributed by atoms with Crippen LogP contribution in [0.3, 0.4) is 0 Å². The lowest BCUT2D eigenvalue weighted by Gasteiger charge is -2.40. The monoisotopic (exact) mass is 360 g/mol. The van der Waals surface area contributed by atoms with Gasteiger partial charge in [-0.25, -0.2) is 4.98 Å². The zero-order valence-corrected chi connectivity index (χ0v) is 13.7. The van der Waals surface area contributed by atoms with Crippen molar-refractivity contribution in [3.05, 3.63) is 16.0 Å². The van der Waals surface area contributed by atoms with Gasteiger partial charge in [0.15, 0.2) is 0 Å². The predicted molar refractivity (Wildman–Crippen MR) is 82.8 cm³/mol. The van der Waals surface area contributed by atoms with Gasteiger partial charge in [0.1, 0.15) is 5.82 Å². The van der Waals surface area contributed by atoms with Gasteiger partial charge in [-0.2, -0.15) is 4.98 Å². The van der Waals surface area contributed by atoms with Crippen molar-refractivity contribution < 1.29 is 4.79 Å². The van der Waals surface area contributed by atoms with E-state index in [4.69, 9.17) is 11.6 Å². The van der Waals surface area contributed by atoms with Crippen molar-refractivity contribution in [1.29, 1.82) is 0 Å². The predicted octanol–water partition coefficient (Wildman–Crippen LogP) is 3.00. The summed E-state index contributed by atoms with van der Waals surface area (Å²) in [7, 11) is 1.71. The van der Waals surface area contributed by atoms with Crippen LogP contribution in [-0.4, -0.2) is 29.5 Å². The van der Waals surface area contributed by atoms with Crippen molar-refractivity contribution >= 4 is 39.3 Å². The van der Waals surface area contributed by atoms with Crippen molar-refractivity contribution in [3.8, 4) is 0 Å². The molecule has 1 saturated carbocycles. The molecule has 0 spiro atoms. The first-order valence-corrected chi connectivity index (χ1v) is 7.88. The van der Waals surface area contributed by atoms with Crippen LogP contribution in [0, 0.1) is 5.41 Å². The zero-order chi connectivity index (χ0) is 14.6. The van der Waals surface area contributed by atoms with E-state index in [0.717, 1.165) is 43.1 Å². The fourth-order valence-electron chi connectivity index (χ4n) is 2.56. The normalized spacial score (nSPS) is 16.4.